The summed E-state index contributed by atoms with van der Waals surface area (Å²) >= 11 is 5.91. The van der Waals surface area contributed by atoms with E-state index < -0.39 is 11.7 Å². The highest BCUT2D eigenvalue weighted by molar-refractivity contribution is 6.33. The normalized spacial score (nSPS) is 15.9. The maximum atomic E-state index is 13.8. The first-order chi connectivity index (χ1) is 9.50. The number of hydrogen-bond acceptors (Lipinski definition) is 2. The van der Waals surface area contributed by atoms with Gasteiger partial charge in [0.2, 0.25) is 5.91 Å². The Morgan fingerprint density at radius 1 is 1.15 bits per heavy atom. The molecule has 1 fully saturated rings. The van der Waals surface area contributed by atoms with Crippen molar-refractivity contribution in [3.05, 3.63) is 34.6 Å². The van der Waals surface area contributed by atoms with E-state index in [1.807, 2.05) is 0 Å². The van der Waals surface area contributed by atoms with Crippen molar-refractivity contribution in [3.63, 3.8) is 0 Å². The van der Waals surface area contributed by atoms with Gasteiger partial charge in [-0.05, 0) is 18.6 Å². The van der Waals surface area contributed by atoms with Gasteiger partial charge in [0, 0.05) is 33.1 Å². The topological polar surface area (TPSA) is 40.6 Å². The van der Waals surface area contributed by atoms with Crippen molar-refractivity contribution in [1.82, 2.24) is 9.80 Å². The Hall–Kier alpha value is -1.62. The van der Waals surface area contributed by atoms with Gasteiger partial charge in [-0.2, -0.15) is 0 Å². The van der Waals surface area contributed by atoms with Crippen LogP contribution in [0, 0.1) is 5.82 Å². The molecule has 0 atom stereocenters. The smallest absolute Gasteiger partial charge is 0.258 e. The van der Waals surface area contributed by atoms with Gasteiger partial charge in [-0.15, -0.1) is 0 Å². The summed E-state index contributed by atoms with van der Waals surface area (Å²) < 4.78 is 13.8. The lowest BCUT2D eigenvalue weighted by Crippen LogP contribution is -2.37. The minimum Gasteiger partial charge on any atom is -0.341 e. The number of carbonyl (C=O) groups is 2. The number of benzene rings is 1. The number of nitrogens with zero attached hydrogens (tertiary/aromatic N) is 2. The molecule has 0 radical (unpaired) electrons. The summed E-state index contributed by atoms with van der Waals surface area (Å²) in [6, 6.07) is 4.19. The van der Waals surface area contributed by atoms with E-state index in [-0.39, 0.29) is 16.5 Å². The molecule has 0 N–H and O–H groups in total. The molecule has 1 aliphatic heterocycles. The minimum atomic E-state index is -0.616. The molecule has 0 aromatic heterocycles. The van der Waals surface area contributed by atoms with E-state index in [0.29, 0.717) is 32.6 Å². The molecule has 1 aliphatic rings. The van der Waals surface area contributed by atoms with Crippen molar-refractivity contribution in [2.75, 3.05) is 26.2 Å². The van der Waals surface area contributed by atoms with Crippen LogP contribution in [0.4, 0.5) is 4.39 Å². The van der Waals surface area contributed by atoms with Crippen molar-refractivity contribution in [2.45, 2.75) is 13.3 Å². The van der Waals surface area contributed by atoms with E-state index in [9.17, 15) is 14.0 Å². The largest absolute Gasteiger partial charge is 0.341 e. The molecule has 2 amide bonds. The minimum absolute atomic E-state index is 0.0109. The second-order valence-corrected chi connectivity index (χ2v) is 5.16. The zero-order valence-corrected chi connectivity index (χ0v) is 12.0. The predicted octanol–water partition coefficient (Wildman–Crippen LogP) is 2.17. The second-order valence-electron chi connectivity index (χ2n) is 4.75. The van der Waals surface area contributed by atoms with Gasteiger partial charge in [0.15, 0.2) is 0 Å². The standard InChI is InChI=1S/C14H16ClFN2O2/c1-10(19)17-6-3-7-18(9-8-17)14(20)13-11(15)4-2-5-12(13)16/h2,4-5H,3,6-9H2,1H3. The fourth-order valence-electron chi connectivity index (χ4n) is 2.30. The van der Waals surface area contributed by atoms with Crippen LogP contribution in [0.25, 0.3) is 0 Å². The van der Waals surface area contributed by atoms with Gasteiger partial charge in [-0.1, -0.05) is 17.7 Å². The van der Waals surface area contributed by atoms with Crippen molar-refractivity contribution >= 4 is 23.4 Å². The molecule has 1 saturated heterocycles. The molecule has 0 spiro atoms. The van der Waals surface area contributed by atoms with Crippen LogP contribution >= 0.6 is 11.6 Å². The van der Waals surface area contributed by atoms with Gasteiger partial charge in [-0.3, -0.25) is 9.59 Å². The van der Waals surface area contributed by atoms with Crippen LogP contribution in [0.2, 0.25) is 5.02 Å². The molecule has 20 heavy (non-hydrogen) atoms. The predicted molar refractivity (Wildman–Crippen MR) is 74.2 cm³/mol. The van der Waals surface area contributed by atoms with E-state index in [1.165, 1.54) is 25.1 Å². The Bertz CT molecular complexity index is 516. The fourth-order valence-corrected chi connectivity index (χ4v) is 2.54. The Kier molecular flexibility index (Phi) is 4.60. The van der Waals surface area contributed by atoms with E-state index in [4.69, 9.17) is 11.6 Å². The lowest BCUT2D eigenvalue weighted by Gasteiger charge is -2.22. The monoisotopic (exact) mass is 298 g/mol. The highest BCUT2D eigenvalue weighted by Gasteiger charge is 2.24. The molecule has 6 heteroatoms. The van der Waals surface area contributed by atoms with Crippen molar-refractivity contribution in [2.24, 2.45) is 0 Å². The lowest BCUT2D eigenvalue weighted by atomic mass is 10.1. The van der Waals surface area contributed by atoms with Gasteiger partial charge >= 0.3 is 0 Å². The van der Waals surface area contributed by atoms with E-state index in [2.05, 4.69) is 0 Å². The number of hydrogen-bond donors (Lipinski definition) is 0. The highest BCUT2D eigenvalue weighted by Crippen LogP contribution is 2.21. The first kappa shape index (κ1) is 14.8. The van der Waals surface area contributed by atoms with Crippen LogP contribution in [-0.2, 0) is 4.79 Å². The Morgan fingerprint density at radius 2 is 1.80 bits per heavy atom. The quantitative estimate of drug-likeness (QED) is 0.797. The molecule has 1 aromatic carbocycles. The van der Waals surface area contributed by atoms with Crippen LogP contribution in [0.15, 0.2) is 18.2 Å². The molecule has 2 rings (SSSR count). The molecule has 0 bridgehead atoms. The number of carbonyl (C=O) groups excluding carboxylic acids is 2. The molecular formula is C14H16ClFN2O2. The average Bonchev–Trinajstić information content (AvgIpc) is 2.64. The maximum absolute atomic E-state index is 13.8. The third-order valence-electron chi connectivity index (χ3n) is 3.41. The summed E-state index contributed by atoms with van der Waals surface area (Å²) in [6.07, 6.45) is 0.678. The molecule has 0 saturated carbocycles. The highest BCUT2D eigenvalue weighted by atomic mass is 35.5. The summed E-state index contributed by atoms with van der Waals surface area (Å²) in [5, 5.41) is 0.114. The third-order valence-corrected chi connectivity index (χ3v) is 3.72. The Labute approximate surface area is 122 Å². The van der Waals surface area contributed by atoms with Gasteiger partial charge in [0.1, 0.15) is 5.82 Å². The number of halogens is 2. The van der Waals surface area contributed by atoms with E-state index in [0.717, 1.165) is 0 Å². The third kappa shape index (κ3) is 3.10. The molecule has 0 unspecified atom stereocenters. The summed E-state index contributed by atoms with van der Waals surface area (Å²) in [5.41, 5.74) is -0.0922. The van der Waals surface area contributed by atoms with Gasteiger partial charge in [-0.25, -0.2) is 4.39 Å². The average molecular weight is 299 g/mol. The zero-order valence-electron chi connectivity index (χ0n) is 11.2. The van der Waals surface area contributed by atoms with Crippen molar-refractivity contribution in [3.8, 4) is 0 Å². The molecule has 4 nitrogen and oxygen atoms in total. The Balaban J connectivity index is 2.16. The summed E-state index contributed by atoms with van der Waals surface area (Å²) in [6.45, 7) is 3.47. The summed E-state index contributed by atoms with van der Waals surface area (Å²) in [7, 11) is 0. The van der Waals surface area contributed by atoms with Crippen LogP contribution in [-0.4, -0.2) is 47.8 Å². The molecule has 0 aliphatic carbocycles. The number of amides is 2. The van der Waals surface area contributed by atoms with E-state index in [1.54, 1.807) is 9.80 Å². The van der Waals surface area contributed by atoms with Crippen LogP contribution < -0.4 is 0 Å². The first-order valence-corrected chi connectivity index (χ1v) is 6.87. The molecular weight excluding hydrogens is 283 g/mol. The van der Waals surface area contributed by atoms with Crippen LogP contribution in [0.1, 0.15) is 23.7 Å². The SMILES string of the molecule is CC(=O)N1CCCN(C(=O)c2c(F)cccc2Cl)CC1. The number of rotatable bonds is 1. The molecule has 108 valence electrons. The molecule has 1 heterocycles. The second kappa shape index (κ2) is 6.22. The van der Waals surface area contributed by atoms with E-state index >= 15 is 0 Å². The van der Waals surface area contributed by atoms with Crippen LogP contribution in [0.3, 0.4) is 0 Å². The van der Waals surface area contributed by atoms with Gasteiger partial charge < -0.3 is 9.80 Å². The van der Waals surface area contributed by atoms with Gasteiger partial charge in [0.25, 0.3) is 5.91 Å². The zero-order chi connectivity index (χ0) is 14.7. The fraction of sp³-hybridized carbons (Fsp3) is 0.429. The van der Waals surface area contributed by atoms with Crippen LogP contribution in [0.5, 0.6) is 0 Å². The lowest BCUT2D eigenvalue weighted by molar-refractivity contribution is -0.128. The summed E-state index contributed by atoms with van der Waals surface area (Å²) in [5.74, 6) is -1.04. The molecule has 1 aromatic rings. The maximum Gasteiger partial charge on any atom is 0.258 e. The summed E-state index contributed by atoms with van der Waals surface area (Å²) in [4.78, 5) is 27.0. The van der Waals surface area contributed by atoms with Crippen molar-refractivity contribution in [1.29, 1.82) is 0 Å². The van der Waals surface area contributed by atoms with Crippen molar-refractivity contribution < 1.29 is 14.0 Å². The first-order valence-electron chi connectivity index (χ1n) is 6.49. The Morgan fingerprint density at radius 3 is 2.45 bits per heavy atom. The van der Waals surface area contributed by atoms with Gasteiger partial charge in [0.05, 0.1) is 10.6 Å².